The third-order valence-corrected chi connectivity index (χ3v) is 7.12. The van der Waals surface area contributed by atoms with Gasteiger partial charge in [-0.1, -0.05) is 49.2 Å². The van der Waals surface area contributed by atoms with E-state index in [1.165, 1.54) is 0 Å². The van der Waals surface area contributed by atoms with Crippen molar-refractivity contribution in [3.63, 3.8) is 0 Å². The van der Waals surface area contributed by atoms with Crippen LogP contribution in [-0.4, -0.2) is 54.4 Å². The van der Waals surface area contributed by atoms with Crippen molar-refractivity contribution in [2.75, 3.05) is 19.7 Å². The van der Waals surface area contributed by atoms with Crippen molar-refractivity contribution < 1.29 is 19.1 Å². The SMILES string of the molecule is Cc1ccccc1C(=O)N[C@@H]1CCCCC1NC(=O)C1CCN(C(=O)COc2ccccc2)CC1. The first kappa shape index (κ1) is 24.8. The van der Waals surface area contributed by atoms with Crippen molar-refractivity contribution in [1.29, 1.82) is 0 Å². The molecule has 2 fully saturated rings. The molecule has 1 aliphatic carbocycles. The minimum atomic E-state index is -0.122. The molecule has 0 radical (unpaired) electrons. The molecule has 1 aliphatic heterocycles. The number of aryl methyl sites for hydroxylation is 1. The van der Waals surface area contributed by atoms with Gasteiger partial charge >= 0.3 is 0 Å². The molecule has 1 saturated carbocycles. The summed E-state index contributed by atoms with van der Waals surface area (Å²) in [4.78, 5) is 40.2. The molecule has 2 aromatic carbocycles. The maximum absolute atomic E-state index is 13.1. The topological polar surface area (TPSA) is 87.7 Å². The van der Waals surface area contributed by atoms with Crippen LogP contribution >= 0.6 is 0 Å². The summed E-state index contributed by atoms with van der Waals surface area (Å²) in [6.45, 7) is 3.03. The third kappa shape index (κ3) is 6.62. The number of hydrogen-bond acceptors (Lipinski definition) is 4. The molecule has 2 N–H and O–H groups in total. The van der Waals surface area contributed by atoms with Crippen molar-refractivity contribution in [2.24, 2.45) is 5.92 Å². The number of amides is 3. The highest BCUT2D eigenvalue weighted by atomic mass is 16.5. The molecule has 2 aliphatic rings. The number of hydrogen-bond donors (Lipinski definition) is 2. The molecule has 2 atom stereocenters. The fraction of sp³-hybridized carbons (Fsp3) is 0.464. The van der Waals surface area contributed by atoms with E-state index in [1.807, 2.05) is 61.5 Å². The van der Waals surface area contributed by atoms with Gasteiger partial charge in [0.05, 0.1) is 0 Å². The lowest BCUT2D eigenvalue weighted by molar-refractivity contribution is -0.137. The number of carbonyl (C=O) groups excluding carboxylic acids is 3. The summed E-state index contributed by atoms with van der Waals surface area (Å²) >= 11 is 0. The highest BCUT2D eigenvalue weighted by Gasteiger charge is 2.32. The Kier molecular flexibility index (Phi) is 8.40. The molecule has 186 valence electrons. The monoisotopic (exact) mass is 477 g/mol. The Labute approximate surface area is 207 Å². The normalized spacial score (nSPS) is 20.7. The van der Waals surface area contributed by atoms with Crippen molar-refractivity contribution in [2.45, 2.75) is 57.5 Å². The van der Waals surface area contributed by atoms with E-state index < -0.39 is 0 Å². The zero-order valence-electron chi connectivity index (χ0n) is 20.4. The largest absolute Gasteiger partial charge is 0.484 e. The van der Waals surface area contributed by atoms with E-state index in [4.69, 9.17) is 4.74 Å². The standard InChI is InChI=1S/C28H35N3O4/c1-20-9-5-6-12-23(20)28(34)30-25-14-8-7-13-24(25)29-27(33)21-15-17-31(18-16-21)26(32)19-35-22-10-3-2-4-11-22/h2-6,9-12,21,24-25H,7-8,13-19H2,1H3,(H,29,33)(H,30,34)/t24?,25-/m1/s1. The van der Waals surface area contributed by atoms with Crippen LogP contribution in [0.5, 0.6) is 5.75 Å². The van der Waals surface area contributed by atoms with Gasteiger partial charge in [0.15, 0.2) is 6.61 Å². The van der Waals surface area contributed by atoms with Gasteiger partial charge < -0.3 is 20.3 Å². The number of piperidine rings is 1. The second-order valence-corrected chi connectivity index (χ2v) is 9.55. The van der Waals surface area contributed by atoms with Gasteiger partial charge in [-0.25, -0.2) is 0 Å². The van der Waals surface area contributed by atoms with Crippen LogP contribution in [0.2, 0.25) is 0 Å². The zero-order valence-corrected chi connectivity index (χ0v) is 20.4. The van der Waals surface area contributed by atoms with Crippen LogP contribution < -0.4 is 15.4 Å². The fourth-order valence-corrected chi connectivity index (χ4v) is 4.99. The predicted octanol–water partition coefficient (Wildman–Crippen LogP) is 3.47. The quantitative estimate of drug-likeness (QED) is 0.639. The maximum Gasteiger partial charge on any atom is 0.260 e. The maximum atomic E-state index is 13.1. The summed E-state index contributed by atoms with van der Waals surface area (Å²) in [5, 5.41) is 6.38. The highest BCUT2D eigenvalue weighted by molar-refractivity contribution is 5.95. The molecular weight excluding hydrogens is 442 g/mol. The molecule has 3 amide bonds. The van der Waals surface area contributed by atoms with Crippen LogP contribution in [0.1, 0.15) is 54.4 Å². The molecule has 35 heavy (non-hydrogen) atoms. The number of rotatable bonds is 7. The second-order valence-electron chi connectivity index (χ2n) is 9.55. The number of benzene rings is 2. The zero-order chi connectivity index (χ0) is 24.6. The van der Waals surface area contributed by atoms with Gasteiger partial charge in [-0.05, 0) is 56.4 Å². The van der Waals surface area contributed by atoms with Gasteiger partial charge in [-0.2, -0.15) is 0 Å². The summed E-state index contributed by atoms with van der Waals surface area (Å²) in [6, 6.07) is 16.7. The van der Waals surface area contributed by atoms with Crippen LogP contribution in [0, 0.1) is 12.8 Å². The lowest BCUT2D eigenvalue weighted by atomic mass is 9.88. The van der Waals surface area contributed by atoms with E-state index in [1.54, 1.807) is 4.90 Å². The molecule has 7 nitrogen and oxygen atoms in total. The van der Waals surface area contributed by atoms with Crippen molar-refractivity contribution in [3.8, 4) is 5.75 Å². The smallest absolute Gasteiger partial charge is 0.260 e. The Hall–Kier alpha value is -3.35. The fourth-order valence-electron chi connectivity index (χ4n) is 4.99. The summed E-state index contributed by atoms with van der Waals surface area (Å²) in [5.74, 6) is 0.438. The summed E-state index contributed by atoms with van der Waals surface area (Å²) in [6.07, 6.45) is 5.06. The Morgan fingerprint density at radius 3 is 2.17 bits per heavy atom. The van der Waals surface area contributed by atoms with Gasteiger partial charge in [-0.15, -0.1) is 0 Å². The van der Waals surface area contributed by atoms with Crippen molar-refractivity contribution >= 4 is 17.7 Å². The summed E-state index contributed by atoms with van der Waals surface area (Å²) < 4.78 is 5.57. The molecule has 7 heteroatoms. The number of nitrogens with zero attached hydrogens (tertiary/aromatic N) is 1. The number of nitrogens with one attached hydrogen (secondary N) is 2. The van der Waals surface area contributed by atoms with Gasteiger partial charge in [-0.3, -0.25) is 14.4 Å². The molecule has 1 heterocycles. The molecule has 0 spiro atoms. The van der Waals surface area contributed by atoms with Gasteiger partial charge in [0.25, 0.3) is 11.8 Å². The first-order valence-electron chi connectivity index (χ1n) is 12.6. The predicted molar refractivity (Wildman–Crippen MR) is 134 cm³/mol. The lowest BCUT2D eigenvalue weighted by Crippen LogP contribution is -2.55. The Balaban J connectivity index is 1.25. The summed E-state index contributed by atoms with van der Waals surface area (Å²) in [7, 11) is 0. The van der Waals surface area contributed by atoms with Crippen LogP contribution in [0.25, 0.3) is 0 Å². The molecule has 2 aromatic rings. The Bertz CT molecular complexity index is 1020. The first-order valence-corrected chi connectivity index (χ1v) is 12.6. The Morgan fingerprint density at radius 1 is 0.857 bits per heavy atom. The van der Waals surface area contributed by atoms with Crippen LogP contribution in [0.4, 0.5) is 0 Å². The minimum Gasteiger partial charge on any atom is -0.484 e. The molecule has 0 bridgehead atoms. The highest BCUT2D eigenvalue weighted by Crippen LogP contribution is 2.23. The molecule has 0 aromatic heterocycles. The van der Waals surface area contributed by atoms with Crippen molar-refractivity contribution in [3.05, 3.63) is 65.7 Å². The first-order chi connectivity index (χ1) is 17.0. The van der Waals surface area contributed by atoms with E-state index in [0.29, 0.717) is 37.2 Å². The number of likely N-dealkylation sites (tertiary alicyclic amines) is 1. The third-order valence-electron chi connectivity index (χ3n) is 7.12. The summed E-state index contributed by atoms with van der Waals surface area (Å²) in [5.41, 5.74) is 1.62. The van der Waals surface area contributed by atoms with Crippen LogP contribution in [0.15, 0.2) is 54.6 Å². The number of ether oxygens (including phenoxy) is 1. The lowest BCUT2D eigenvalue weighted by Gasteiger charge is -2.36. The minimum absolute atomic E-state index is 0.00518. The van der Waals surface area contributed by atoms with Crippen molar-refractivity contribution in [1.82, 2.24) is 15.5 Å². The van der Waals surface area contributed by atoms with E-state index in [0.717, 1.165) is 31.2 Å². The molecule has 1 saturated heterocycles. The number of carbonyl (C=O) groups is 3. The van der Waals surface area contributed by atoms with E-state index >= 15 is 0 Å². The number of para-hydroxylation sites is 1. The average molecular weight is 478 g/mol. The Morgan fingerprint density at radius 2 is 1.49 bits per heavy atom. The average Bonchev–Trinajstić information content (AvgIpc) is 2.89. The van der Waals surface area contributed by atoms with E-state index in [-0.39, 0.29) is 42.3 Å². The van der Waals surface area contributed by atoms with Crippen LogP contribution in [0.3, 0.4) is 0 Å². The van der Waals surface area contributed by atoms with Gasteiger partial charge in [0.2, 0.25) is 5.91 Å². The van der Waals surface area contributed by atoms with Gasteiger partial charge in [0, 0.05) is 36.7 Å². The van der Waals surface area contributed by atoms with Gasteiger partial charge in [0.1, 0.15) is 5.75 Å². The molecular formula is C28H35N3O4. The van der Waals surface area contributed by atoms with E-state index in [9.17, 15) is 14.4 Å². The second kappa shape index (κ2) is 11.9. The molecule has 1 unspecified atom stereocenters. The van der Waals surface area contributed by atoms with E-state index in [2.05, 4.69) is 10.6 Å². The molecule has 4 rings (SSSR count). The van der Waals surface area contributed by atoms with Crippen LogP contribution in [-0.2, 0) is 9.59 Å².